The van der Waals surface area contributed by atoms with E-state index < -0.39 is 4.92 Å². The lowest BCUT2D eigenvalue weighted by Crippen LogP contribution is -2.37. The molecular weight excluding hydrogens is 318 g/mol. The van der Waals surface area contributed by atoms with E-state index >= 15 is 0 Å². The molecule has 0 saturated carbocycles. The van der Waals surface area contributed by atoms with E-state index in [-0.39, 0.29) is 22.7 Å². The van der Waals surface area contributed by atoms with Gasteiger partial charge in [0.25, 0.3) is 5.69 Å². The van der Waals surface area contributed by atoms with Gasteiger partial charge in [-0.2, -0.15) is 0 Å². The molecule has 0 aliphatic carbocycles. The Labute approximate surface area is 141 Å². The van der Waals surface area contributed by atoms with Gasteiger partial charge in [-0.05, 0) is 38.7 Å². The number of anilines is 2. The molecule has 126 valence electrons. The lowest BCUT2D eigenvalue weighted by Gasteiger charge is -2.35. The third-order valence-electron chi connectivity index (χ3n) is 4.12. The third kappa shape index (κ3) is 4.13. The van der Waals surface area contributed by atoms with Gasteiger partial charge in [0.15, 0.2) is 0 Å². The highest BCUT2D eigenvalue weighted by atomic mass is 35.5. The maximum atomic E-state index is 11.8. The minimum atomic E-state index is -0.416. The average Bonchev–Trinajstić information content (AvgIpc) is 2.49. The molecule has 23 heavy (non-hydrogen) atoms. The number of nitro benzene ring substituents is 1. The Morgan fingerprint density at radius 2 is 2.22 bits per heavy atom. The topological polar surface area (TPSA) is 75.5 Å². The summed E-state index contributed by atoms with van der Waals surface area (Å²) in [6.45, 7) is 4.75. The normalized spacial score (nSPS) is 17.9. The Kier molecular flexibility index (Phi) is 5.82. The summed E-state index contributed by atoms with van der Waals surface area (Å²) in [6.07, 6.45) is 4.24. The monoisotopic (exact) mass is 339 g/mol. The van der Waals surface area contributed by atoms with Crippen molar-refractivity contribution in [2.75, 3.05) is 16.8 Å². The molecule has 1 fully saturated rings. The average molecular weight is 340 g/mol. The van der Waals surface area contributed by atoms with Crippen molar-refractivity contribution in [3.63, 3.8) is 0 Å². The second-order valence-electron chi connectivity index (χ2n) is 5.91. The minimum Gasteiger partial charge on any atom is -0.363 e. The maximum Gasteiger partial charge on any atom is 0.294 e. The Morgan fingerprint density at radius 3 is 2.83 bits per heavy atom. The molecule has 1 aliphatic heterocycles. The highest BCUT2D eigenvalue weighted by molar-refractivity contribution is 6.34. The summed E-state index contributed by atoms with van der Waals surface area (Å²) in [5, 5.41) is 14.3. The SMILES string of the molecule is CCCC(=O)Nc1cc(N2CCCC[C@@H]2C)c([N+](=O)[O-])cc1Cl. The van der Waals surface area contributed by atoms with Gasteiger partial charge < -0.3 is 10.2 Å². The first-order chi connectivity index (χ1) is 10.9. The van der Waals surface area contributed by atoms with Gasteiger partial charge >= 0.3 is 0 Å². The standard InChI is InChI=1S/C16H22ClN3O3/c1-3-6-16(21)18-13-10-14(15(20(22)23)9-12(13)17)19-8-5-4-7-11(19)2/h9-11H,3-8H2,1-2H3,(H,18,21)/t11-/m0/s1. The predicted molar refractivity (Wildman–Crippen MR) is 92.3 cm³/mol. The summed E-state index contributed by atoms with van der Waals surface area (Å²) in [5.41, 5.74) is 0.944. The Morgan fingerprint density at radius 1 is 1.48 bits per heavy atom. The second-order valence-corrected chi connectivity index (χ2v) is 6.32. The van der Waals surface area contributed by atoms with Crippen LogP contribution in [0.5, 0.6) is 0 Å². The van der Waals surface area contributed by atoms with E-state index in [4.69, 9.17) is 11.6 Å². The molecule has 0 spiro atoms. The molecule has 1 aliphatic rings. The molecule has 2 rings (SSSR count). The number of nitrogens with one attached hydrogen (secondary N) is 1. The van der Waals surface area contributed by atoms with Crippen molar-refractivity contribution in [2.45, 2.75) is 52.0 Å². The summed E-state index contributed by atoms with van der Waals surface area (Å²) in [5.74, 6) is -0.138. The summed E-state index contributed by atoms with van der Waals surface area (Å²) in [6, 6.07) is 3.19. The van der Waals surface area contributed by atoms with E-state index in [0.717, 1.165) is 32.2 Å². The van der Waals surface area contributed by atoms with Gasteiger partial charge in [-0.25, -0.2) is 0 Å². The first-order valence-electron chi connectivity index (χ1n) is 7.98. The number of amides is 1. The minimum absolute atomic E-state index is 0.0164. The third-order valence-corrected chi connectivity index (χ3v) is 4.44. The highest BCUT2D eigenvalue weighted by Gasteiger charge is 2.27. The molecule has 1 aromatic carbocycles. The van der Waals surface area contributed by atoms with Crippen molar-refractivity contribution in [1.82, 2.24) is 0 Å². The first kappa shape index (κ1) is 17.5. The van der Waals surface area contributed by atoms with E-state index in [1.807, 2.05) is 11.8 Å². The van der Waals surface area contributed by atoms with E-state index in [9.17, 15) is 14.9 Å². The Hall–Kier alpha value is -1.82. The molecule has 1 N–H and O–H groups in total. The summed E-state index contributed by atoms with van der Waals surface area (Å²) in [7, 11) is 0. The summed E-state index contributed by atoms with van der Waals surface area (Å²) >= 11 is 6.13. The fourth-order valence-electron chi connectivity index (χ4n) is 2.92. The molecule has 0 aromatic heterocycles. The molecule has 7 heteroatoms. The molecule has 0 radical (unpaired) electrons. The first-order valence-corrected chi connectivity index (χ1v) is 8.36. The number of hydrogen-bond acceptors (Lipinski definition) is 4. The molecule has 1 saturated heterocycles. The van der Waals surface area contributed by atoms with Crippen LogP contribution in [-0.2, 0) is 4.79 Å². The zero-order valence-electron chi connectivity index (χ0n) is 13.5. The van der Waals surface area contributed by atoms with Crippen LogP contribution in [0.3, 0.4) is 0 Å². The molecular formula is C16H22ClN3O3. The molecule has 1 aromatic rings. The van der Waals surface area contributed by atoms with Gasteiger partial charge in [0, 0.05) is 25.1 Å². The van der Waals surface area contributed by atoms with Crippen LogP contribution in [-0.4, -0.2) is 23.4 Å². The van der Waals surface area contributed by atoms with Crippen LogP contribution in [0.15, 0.2) is 12.1 Å². The van der Waals surface area contributed by atoms with Crippen LogP contribution in [0.25, 0.3) is 0 Å². The van der Waals surface area contributed by atoms with Gasteiger partial charge in [0.05, 0.1) is 15.6 Å². The van der Waals surface area contributed by atoms with Crippen molar-refractivity contribution in [2.24, 2.45) is 0 Å². The van der Waals surface area contributed by atoms with Crippen molar-refractivity contribution < 1.29 is 9.72 Å². The molecule has 0 bridgehead atoms. The van der Waals surface area contributed by atoms with Crippen LogP contribution in [0, 0.1) is 10.1 Å². The number of carbonyl (C=O) groups excluding carboxylic acids is 1. The van der Waals surface area contributed by atoms with E-state index in [0.29, 0.717) is 17.8 Å². The quantitative estimate of drug-likeness (QED) is 0.638. The lowest BCUT2D eigenvalue weighted by atomic mass is 10.0. The van der Waals surface area contributed by atoms with Gasteiger partial charge in [-0.3, -0.25) is 14.9 Å². The Bertz CT molecular complexity index is 606. The van der Waals surface area contributed by atoms with Crippen molar-refractivity contribution in [3.05, 3.63) is 27.3 Å². The zero-order chi connectivity index (χ0) is 17.0. The predicted octanol–water partition coefficient (Wildman–Crippen LogP) is 4.37. The van der Waals surface area contributed by atoms with E-state index in [1.54, 1.807) is 6.07 Å². The molecule has 1 amide bonds. The number of rotatable bonds is 5. The van der Waals surface area contributed by atoms with Crippen LogP contribution < -0.4 is 10.2 Å². The fourth-order valence-corrected chi connectivity index (χ4v) is 3.12. The lowest BCUT2D eigenvalue weighted by molar-refractivity contribution is -0.384. The molecule has 1 heterocycles. The summed E-state index contributed by atoms with van der Waals surface area (Å²) in [4.78, 5) is 24.8. The van der Waals surface area contributed by atoms with Crippen molar-refractivity contribution >= 4 is 34.6 Å². The van der Waals surface area contributed by atoms with Gasteiger partial charge in [0.1, 0.15) is 5.69 Å². The van der Waals surface area contributed by atoms with E-state index in [2.05, 4.69) is 12.2 Å². The number of benzene rings is 1. The molecule has 6 nitrogen and oxygen atoms in total. The molecule has 0 unspecified atom stereocenters. The number of nitro groups is 1. The van der Waals surface area contributed by atoms with Crippen LogP contribution in [0.2, 0.25) is 5.02 Å². The van der Waals surface area contributed by atoms with Crippen molar-refractivity contribution in [3.8, 4) is 0 Å². The van der Waals surface area contributed by atoms with Crippen LogP contribution in [0.1, 0.15) is 46.0 Å². The van der Waals surface area contributed by atoms with Crippen LogP contribution in [0.4, 0.5) is 17.1 Å². The highest BCUT2D eigenvalue weighted by Crippen LogP contribution is 2.39. The maximum absolute atomic E-state index is 11.8. The van der Waals surface area contributed by atoms with E-state index in [1.165, 1.54) is 6.07 Å². The van der Waals surface area contributed by atoms with Gasteiger partial charge in [0.2, 0.25) is 5.91 Å². The second kappa shape index (κ2) is 7.64. The van der Waals surface area contributed by atoms with Crippen molar-refractivity contribution in [1.29, 1.82) is 0 Å². The van der Waals surface area contributed by atoms with Gasteiger partial charge in [-0.1, -0.05) is 18.5 Å². The fraction of sp³-hybridized carbons (Fsp3) is 0.562. The summed E-state index contributed by atoms with van der Waals surface area (Å²) < 4.78 is 0. The zero-order valence-corrected chi connectivity index (χ0v) is 14.2. The number of piperidine rings is 1. The number of halogens is 1. The number of nitrogens with zero attached hydrogens (tertiary/aromatic N) is 2. The number of carbonyl (C=O) groups is 1. The molecule has 1 atom stereocenters. The largest absolute Gasteiger partial charge is 0.363 e. The smallest absolute Gasteiger partial charge is 0.294 e. The number of hydrogen-bond donors (Lipinski definition) is 1. The van der Waals surface area contributed by atoms with Gasteiger partial charge in [-0.15, -0.1) is 0 Å². The van der Waals surface area contributed by atoms with Crippen LogP contribution >= 0.6 is 11.6 Å². The Balaban J connectivity index is 2.41.